The number of aromatic nitrogens is 1. The van der Waals surface area contributed by atoms with Gasteiger partial charge < -0.3 is 26.6 Å². The number of unbranched alkanes of at least 4 members (excludes halogenated alkanes) is 11. The number of ether oxygens (including phenoxy) is 1. The standard InChI is InChI=1S/C34H48FN2O2S.BrH/c1-4-5-6-7-8-9-10-11-12-13-14-15-21-39-34-20-19-31(23-33(34)35)26-37(29(3)38)32-18-16-17-30(22-32)25-36-24-28(2)40-27-36;/h16-20,22-24,27H,4-15,21,25-26H2,1-3H3;1H/q+1;/p-1. The van der Waals surface area contributed by atoms with Crippen molar-refractivity contribution in [2.24, 2.45) is 0 Å². The molecule has 0 fully saturated rings. The van der Waals surface area contributed by atoms with Crippen molar-refractivity contribution in [1.82, 2.24) is 0 Å². The molecule has 1 aromatic heterocycles. The van der Waals surface area contributed by atoms with Crippen molar-refractivity contribution in [3.8, 4) is 5.75 Å². The molecule has 0 saturated heterocycles. The highest BCUT2D eigenvalue weighted by atomic mass is 79.9. The van der Waals surface area contributed by atoms with Gasteiger partial charge in [0.1, 0.15) is 0 Å². The third-order valence-electron chi connectivity index (χ3n) is 7.28. The van der Waals surface area contributed by atoms with E-state index in [1.54, 1.807) is 29.2 Å². The Kier molecular flexibility index (Phi) is 16.9. The van der Waals surface area contributed by atoms with Gasteiger partial charge in [0, 0.05) is 18.2 Å². The van der Waals surface area contributed by atoms with Crippen LogP contribution in [0.1, 0.15) is 107 Å². The highest BCUT2D eigenvalue weighted by Crippen LogP contribution is 2.23. The van der Waals surface area contributed by atoms with Crippen LogP contribution in [0.25, 0.3) is 0 Å². The lowest BCUT2D eigenvalue weighted by Crippen LogP contribution is -3.00. The average Bonchev–Trinajstić information content (AvgIpc) is 3.35. The van der Waals surface area contributed by atoms with Gasteiger partial charge in [-0.2, -0.15) is 4.57 Å². The Balaban J connectivity index is 0.00000588. The zero-order valence-electron chi connectivity index (χ0n) is 25.2. The van der Waals surface area contributed by atoms with Crippen LogP contribution in [0, 0.1) is 12.7 Å². The van der Waals surface area contributed by atoms with Gasteiger partial charge in [0.2, 0.25) is 11.4 Å². The number of benzene rings is 2. The van der Waals surface area contributed by atoms with Gasteiger partial charge in [-0.05, 0) is 43.2 Å². The van der Waals surface area contributed by atoms with Crippen LogP contribution in [0.3, 0.4) is 0 Å². The van der Waals surface area contributed by atoms with Crippen molar-refractivity contribution >= 4 is 22.9 Å². The molecule has 2 aromatic carbocycles. The van der Waals surface area contributed by atoms with Crippen LogP contribution in [0.2, 0.25) is 0 Å². The third-order valence-corrected chi connectivity index (χ3v) is 8.13. The molecule has 3 rings (SSSR count). The van der Waals surface area contributed by atoms with E-state index >= 15 is 0 Å². The van der Waals surface area contributed by atoms with Gasteiger partial charge in [0.15, 0.2) is 24.3 Å². The highest BCUT2D eigenvalue weighted by molar-refractivity contribution is 7.09. The molecule has 0 unspecified atom stereocenters. The molecular weight excluding hydrogens is 599 g/mol. The van der Waals surface area contributed by atoms with Crippen LogP contribution in [0.15, 0.2) is 54.2 Å². The number of thiazole rings is 1. The molecule has 0 N–H and O–H groups in total. The molecule has 226 valence electrons. The van der Waals surface area contributed by atoms with Crippen LogP contribution in [-0.4, -0.2) is 12.5 Å². The predicted molar refractivity (Wildman–Crippen MR) is 165 cm³/mol. The van der Waals surface area contributed by atoms with Gasteiger partial charge >= 0.3 is 0 Å². The van der Waals surface area contributed by atoms with E-state index in [2.05, 4.69) is 36.2 Å². The number of hydrogen-bond donors (Lipinski definition) is 0. The summed E-state index contributed by atoms with van der Waals surface area (Å²) in [6, 6.07) is 13.0. The summed E-state index contributed by atoms with van der Waals surface area (Å²) in [6.07, 6.45) is 17.6. The van der Waals surface area contributed by atoms with E-state index in [9.17, 15) is 9.18 Å². The maximum atomic E-state index is 14.8. The van der Waals surface area contributed by atoms with Gasteiger partial charge in [0.25, 0.3) is 0 Å². The number of aryl methyl sites for hydroxylation is 1. The Bertz CT molecular complexity index is 1170. The molecule has 0 aliphatic heterocycles. The average molecular weight is 648 g/mol. The van der Waals surface area contributed by atoms with Crippen molar-refractivity contribution in [3.63, 3.8) is 0 Å². The third kappa shape index (κ3) is 13.1. The van der Waals surface area contributed by atoms with Crippen molar-refractivity contribution in [1.29, 1.82) is 0 Å². The largest absolute Gasteiger partial charge is 1.00 e. The van der Waals surface area contributed by atoms with Crippen molar-refractivity contribution in [2.45, 2.75) is 111 Å². The number of carbonyl (C=O) groups excluding carboxylic acids is 1. The van der Waals surface area contributed by atoms with E-state index in [4.69, 9.17) is 4.74 Å². The number of nitrogens with zero attached hydrogens (tertiary/aromatic N) is 2. The summed E-state index contributed by atoms with van der Waals surface area (Å²) in [5.74, 6) is -0.173. The quantitative estimate of drug-likeness (QED) is 0.115. The Morgan fingerprint density at radius 3 is 2.15 bits per heavy atom. The fraction of sp³-hybridized carbons (Fsp3) is 0.529. The topological polar surface area (TPSA) is 33.4 Å². The molecular formula is C34H48BrFN2O2S. The van der Waals surface area contributed by atoms with E-state index in [-0.39, 0.29) is 34.5 Å². The van der Waals surface area contributed by atoms with Crippen molar-refractivity contribution in [2.75, 3.05) is 11.5 Å². The van der Waals surface area contributed by atoms with Crippen LogP contribution >= 0.6 is 11.3 Å². The first kappa shape index (κ1) is 34.9. The van der Waals surface area contributed by atoms with Gasteiger partial charge in [-0.15, -0.1) is 0 Å². The van der Waals surface area contributed by atoms with E-state index < -0.39 is 0 Å². The second-order valence-electron chi connectivity index (χ2n) is 10.9. The molecule has 0 radical (unpaired) electrons. The van der Waals surface area contributed by atoms with Gasteiger partial charge in [-0.1, -0.05) is 107 Å². The van der Waals surface area contributed by atoms with E-state index in [1.165, 1.54) is 75.2 Å². The fourth-order valence-electron chi connectivity index (χ4n) is 5.01. The summed E-state index contributed by atoms with van der Waals surface area (Å²) in [4.78, 5) is 15.5. The first-order valence-corrected chi connectivity index (χ1v) is 16.1. The van der Waals surface area contributed by atoms with Crippen LogP contribution in [0.4, 0.5) is 10.1 Å². The summed E-state index contributed by atoms with van der Waals surface area (Å²) in [5, 5.41) is 0. The number of anilines is 1. The molecule has 3 aromatic rings. The fourth-order valence-corrected chi connectivity index (χ4v) is 5.65. The van der Waals surface area contributed by atoms with E-state index in [1.807, 2.05) is 24.3 Å². The smallest absolute Gasteiger partial charge is 0.225 e. The van der Waals surface area contributed by atoms with E-state index in [0.29, 0.717) is 13.2 Å². The van der Waals surface area contributed by atoms with Crippen molar-refractivity contribution in [3.05, 3.63) is 76.0 Å². The zero-order valence-corrected chi connectivity index (χ0v) is 27.6. The first-order valence-electron chi connectivity index (χ1n) is 15.2. The highest BCUT2D eigenvalue weighted by Gasteiger charge is 2.15. The minimum atomic E-state index is -0.377. The van der Waals surface area contributed by atoms with Gasteiger partial charge in [-0.25, -0.2) is 4.39 Å². The zero-order chi connectivity index (χ0) is 28.6. The van der Waals surface area contributed by atoms with Crippen molar-refractivity contribution < 1.29 is 35.5 Å². The SMILES string of the molecule is CCCCCCCCCCCCCCOc1ccc(CN(C(C)=O)c2cccc(C[n+]3csc(C)c3)c2)cc1F.[Br-]. The second kappa shape index (κ2) is 19.8. The number of halogens is 2. The molecule has 1 heterocycles. The predicted octanol–water partition coefficient (Wildman–Crippen LogP) is 6.17. The van der Waals surface area contributed by atoms with Gasteiger partial charge in [0.05, 0.1) is 18.0 Å². The number of carbonyl (C=O) groups is 1. The molecule has 0 bridgehead atoms. The molecule has 7 heteroatoms. The monoisotopic (exact) mass is 646 g/mol. The molecule has 0 atom stereocenters. The van der Waals surface area contributed by atoms with Crippen LogP contribution in [0.5, 0.6) is 5.75 Å². The number of hydrogen-bond acceptors (Lipinski definition) is 3. The number of amides is 1. The Morgan fingerprint density at radius 1 is 0.902 bits per heavy atom. The van der Waals surface area contributed by atoms with Gasteiger partial charge in [-0.3, -0.25) is 4.79 Å². The summed E-state index contributed by atoms with van der Waals surface area (Å²) >= 11 is 1.71. The molecule has 0 aliphatic carbocycles. The first-order chi connectivity index (χ1) is 19.5. The Labute approximate surface area is 261 Å². The maximum Gasteiger partial charge on any atom is 0.225 e. The molecule has 41 heavy (non-hydrogen) atoms. The maximum absolute atomic E-state index is 14.8. The summed E-state index contributed by atoms with van der Waals surface area (Å²) < 4.78 is 22.7. The lowest BCUT2D eigenvalue weighted by molar-refractivity contribution is -0.683. The summed E-state index contributed by atoms with van der Waals surface area (Å²) in [5.41, 5.74) is 4.75. The molecule has 4 nitrogen and oxygen atoms in total. The second-order valence-corrected chi connectivity index (χ2v) is 12.0. The molecule has 0 aliphatic rings. The van der Waals surface area contributed by atoms with Crippen LogP contribution in [-0.2, 0) is 17.9 Å². The van der Waals surface area contributed by atoms with Crippen LogP contribution < -0.4 is 31.2 Å². The minimum absolute atomic E-state index is 0. The molecule has 0 saturated carbocycles. The lowest BCUT2D eigenvalue weighted by Gasteiger charge is -2.22. The molecule has 1 amide bonds. The minimum Gasteiger partial charge on any atom is -1.00 e. The summed E-state index contributed by atoms with van der Waals surface area (Å²) in [6.45, 7) is 7.47. The normalized spacial score (nSPS) is 10.8. The number of rotatable bonds is 19. The lowest BCUT2D eigenvalue weighted by atomic mass is 10.1. The Hall–Kier alpha value is -2.25. The van der Waals surface area contributed by atoms with E-state index in [0.717, 1.165) is 36.2 Å². The Morgan fingerprint density at radius 2 is 1.56 bits per heavy atom. The summed E-state index contributed by atoms with van der Waals surface area (Å²) in [7, 11) is 0. The molecule has 0 spiro atoms.